The predicted molar refractivity (Wildman–Crippen MR) is 41.4 cm³/mol. The molecule has 1 atom stereocenters. The maximum absolute atomic E-state index is 10.7. The zero-order valence-corrected chi connectivity index (χ0v) is 7.25. The van der Waals surface area contributed by atoms with Crippen molar-refractivity contribution in [3.63, 3.8) is 0 Å². The van der Waals surface area contributed by atoms with Crippen molar-refractivity contribution in [2.75, 3.05) is 0 Å². The van der Waals surface area contributed by atoms with Gasteiger partial charge in [0.25, 0.3) is 0 Å². The summed E-state index contributed by atoms with van der Waals surface area (Å²) in [6.45, 7) is 0. The Kier molecular flexibility index (Phi) is 1.44. The fraction of sp³-hybridized carbons (Fsp3) is 0.143. The van der Waals surface area contributed by atoms with E-state index < -0.39 is 0 Å². The minimum atomic E-state index is -0.377. The molecule has 0 bridgehead atoms. The van der Waals surface area contributed by atoms with Crippen LogP contribution in [-0.4, -0.2) is 32.1 Å². The van der Waals surface area contributed by atoms with Crippen molar-refractivity contribution in [1.29, 1.82) is 0 Å². The van der Waals surface area contributed by atoms with Crippen molar-refractivity contribution in [2.45, 2.75) is 6.04 Å². The summed E-state index contributed by atoms with van der Waals surface area (Å²) in [5, 5.41) is 2.66. The molecule has 1 unspecified atom stereocenters. The van der Waals surface area contributed by atoms with E-state index in [-0.39, 0.29) is 12.1 Å². The van der Waals surface area contributed by atoms with E-state index in [1.807, 2.05) is 12.2 Å². The topological polar surface area (TPSA) is 38.3 Å². The molecule has 1 fully saturated rings. The Bertz CT molecular complexity index is 293. The van der Waals surface area contributed by atoms with Crippen LogP contribution >= 0.6 is 0 Å². The van der Waals surface area contributed by atoms with E-state index >= 15 is 0 Å². The molecule has 1 aliphatic heterocycles. The van der Waals surface area contributed by atoms with Crippen LogP contribution in [0.1, 0.15) is 0 Å². The standard InChI is InChI=1S/C7H5NO2Se/c9-7-8-6-4(10-7)2-1-3-5(6)11/h1-3,6H,(H,8,9). The van der Waals surface area contributed by atoms with Gasteiger partial charge in [0.2, 0.25) is 0 Å². The molecule has 0 spiro atoms. The Morgan fingerprint density at radius 1 is 1.64 bits per heavy atom. The molecule has 0 aromatic carbocycles. The fourth-order valence-electron chi connectivity index (χ4n) is 1.06. The van der Waals surface area contributed by atoms with Gasteiger partial charge in [0.05, 0.1) is 0 Å². The van der Waals surface area contributed by atoms with Gasteiger partial charge in [-0.15, -0.1) is 0 Å². The van der Waals surface area contributed by atoms with Crippen LogP contribution in [0.15, 0.2) is 24.0 Å². The number of carbonyl (C=O) groups is 1. The Morgan fingerprint density at radius 3 is 3.18 bits per heavy atom. The van der Waals surface area contributed by atoms with Crippen molar-refractivity contribution >= 4 is 26.1 Å². The third kappa shape index (κ3) is 1.04. The van der Waals surface area contributed by atoms with Gasteiger partial charge in [-0.25, -0.2) is 0 Å². The first kappa shape index (κ1) is 6.83. The predicted octanol–water partition coefficient (Wildman–Crippen LogP) is -0.111. The van der Waals surface area contributed by atoms with E-state index in [0.29, 0.717) is 5.76 Å². The van der Waals surface area contributed by atoms with Gasteiger partial charge in [-0.3, -0.25) is 0 Å². The fourth-order valence-corrected chi connectivity index (χ4v) is 1.59. The number of allylic oxidation sites excluding steroid dienone is 2. The van der Waals surface area contributed by atoms with E-state index in [2.05, 4.69) is 20.9 Å². The van der Waals surface area contributed by atoms with Gasteiger partial charge in [0, 0.05) is 0 Å². The molecule has 1 saturated heterocycles. The molecule has 1 amide bonds. The van der Waals surface area contributed by atoms with Crippen LogP contribution in [0.25, 0.3) is 0 Å². The van der Waals surface area contributed by atoms with Crippen LogP contribution in [0.3, 0.4) is 0 Å². The first-order valence-electron chi connectivity index (χ1n) is 3.18. The van der Waals surface area contributed by atoms with Crippen LogP contribution in [0.5, 0.6) is 0 Å². The molecule has 1 heterocycles. The van der Waals surface area contributed by atoms with Gasteiger partial charge in [-0.05, 0) is 0 Å². The maximum atomic E-state index is 10.7. The van der Waals surface area contributed by atoms with E-state index in [1.54, 1.807) is 6.08 Å². The Morgan fingerprint density at radius 2 is 2.45 bits per heavy atom. The second kappa shape index (κ2) is 2.32. The Balaban J connectivity index is 2.35. The minimum absolute atomic E-state index is 0.0764. The third-order valence-corrected chi connectivity index (χ3v) is 2.34. The summed E-state index contributed by atoms with van der Waals surface area (Å²) in [5.74, 6) is 0.672. The van der Waals surface area contributed by atoms with Gasteiger partial charge in [0.1, 0.15) is 0 Å². The number of carbonyl (C=O) groups excluding carboxylic acids is 1. The number of nitrogens with one attached hydrogen (secondary N) is 1. The number of rotatable bonds is 0. The van der Waals surface area contributed by atoms with Crippen LogP contribution in [-0.2, 0) is 4.74 Å². The summed E-state index contributed by atoms with van der Waals surface area (Å²) in [4.78, 5) is 10.7. The second-order valence-electron chi connectivity index (χ2n) is 2.30. The van der Waals surface area contributed by atoms with E-state index in [0.717, 1.165) is 4.42 Å². The average Bonchev–Trinajstić information content (AvgIpc) is 2.31. The van der Waals surface area contributed by atoms with Gasteiger partial charge >= 0.3 is 71.0 Å². The molecule has 56 valence electrons. The molecule has 0 saturated carbocycles. The number of fused-ring (bicyclic) bond motifs is 1. The number of ether oxygens (including phenoxy) is 1. The summed E-state index contributed by atoms with van der Waals surface area (Å²) in [7, 11) is 0. The van der Waals surface area contributed by atoms with Crippen molar-refractivity contribution < 1.29 is 9.53 Å². The van der Waals surface area contributed by atoms with E-state index in [1.165, 1.54) is 0 Å². The molecule has 0 aromatic rings. The number of amides is 1. The first-order valence-corrected chi connectivity index (χ1v) is 4.03. The van der Waals surface area contributed by atoms with Gasteiger partial charge in [0.15, 0.2) is 0 Å². The van der Waals surface area contributed by atoms with Crippen LogP contribution in [0, 0.1) is 0 Å². The Hall–Kier alpha value is -0.861. The SMILES string of the molecule is O=C1NC2C(=[Se])C=CC=C2O1. The zero-order valence-electron chi connectivity index (χ0n) is 5.53. The molecule has 0 radical (unpaired) electrons. The normalized spacial score (nSPS) is 27.3. The van der Waals surface area contributed by atoms with Crippen molar-refractivity contribution in [1.82, 2.24) is 5.32 Å². The van der Waals surface area contributed by atoms with Crippen LogP contribution < -0.4 is 5.32 Å². The molecule has 3 nitrogen and oxygen atoms in total. The first-order chi connectivity index (χ1) is 5.27. The van der Waals surface area contributed by atoms with E-state index in [4.69, 9.17) is 4.74 Å². The summed E-state index contributed by atoms with van der Waals surface area (Å²) >= 11 is 2.87. The Labute approximate surface area is 71.5 Å². The molecule has 1 aliphatic carbocycles. The zero-order chi connectivity index (χ0) is 7.84. The van der Waals surface area contributed by atoms with Crippen molar-refractivity contribution in [2.24, 2.45) is 0 Å². The summed E-state index contributed by atoms with van der Waals surface area (Å²) < 4.78 is 5.83. The summed E-state index contributed by atoms with van der Waals surface area (Å²) in [6, 6.07) is -0.0764. The van der Waals surface area contributed by atoms with E-state index in [9.17, 15) is 4.79 Å². The molecule has 11 heavy (non-hydrogen) atoms. The third-order valence-electron chi connectivity index (χ3n) is 1.56. The summed E-state index contributed by atoms with van der Waals surface area (Å²) in [5.41, 5.74) is 0. The second-order valence-corrected chi connectivity index (χ2v) is 3.29. The quantitative estimate of drug-likeness (QED) is 0.571. The average molecular weight is 214 g/mol. The molecule has 1 N–H and O–H groups in total. The molecule has 2 rings (SSSR count). The number of hydrogen-bond acceptors (Lipinski definition) is 2. The van der Waals surface area contributed by atoms with Crippen molar-refractivity contribution in [3.05, 3.63) is 24.0 Å². The molecule has 2 aliphatic rings. The number of hydrogen-bond donors (Lipinski definition) is 1. The van der Waals surface area contributed by atoms with Crippen LogP contribution in [0.4, 0.5) is 4.79 Å². The van der Waals surface area contributed by atoms with Crippen molar-refractivity contribution in [3.8, 4) is 0 Å². The molecule has 0 aromatic heterocycles. The van der Waals surface area contributed by atoms with Gasteiger partial charge < -0.3 is 0 Å². The molecular weight excluding hydrogens is 209 g/mol. The number of alkyl carbamates (subject to hydrolysis) is 1. The van der Waals surface area contributed by atoms with Crippen LogP contribution in [0.2, 0.25) is 0 Å². The summed E-state index contributed by atoms with van der Waals surface area (Å²) in [6.07, 6.45) is 5.16. The monoisotopic (exact) mass is 215 g/mol. The molecular formula is C7H5NO2Se. The van der Waals surface area contributed by atoms with Gasteiger partial charge in [-0.2, -0.15) is 0 Å². The van der Waals surface area contributed by atoms with Gasteiger partial charge in [-0.1, -0.05) is 0 Å². The molecule has 4 heteroatoms.